The average Bonchev–Trinajstić information content (AvgIpc) is 3.41. The lowest BCUT2D eigenvalue weighted by molar-refractivity contribution is -0.122. The number of hydrogen-bond acceptors (Lipinski definition) is 9. The second kappa shape index (κ2) is 13.5. The highest BCUT2D eigenvalue weighted by Crippen LogP contribution is 2.32. The molecule has 2 amide bonds. The fourth-order valence-electron chi connectivity index (χ4n) is 3.32. The number of aromatic nitrogens is 2. The van der Waals surface area contributed by atoms with Crippen molar-refractivity contribution in [2.75, 3.05) is 19.0 Å². The molecule has 0 unspecified atom stereocenters. The number of ether oxygens (including phenoxy) is 1. The highest BCUT2D eigenvalue weighted by molar-refractivity contribution is 8.26. The minimum absolute atomic E-state index is 0.0741. The molecule has 0 bridgehead atoms. The summed E-state index contributed by atoms with van der Waals surface area (Å²) in [5, 5.41) is 12.4. The van der Waals surface area contributed by atoms with Crippen LogP contribution in [-0.4, -0.2) is 50.9 Å². The fourth-order valence-corrected chi connectivity index (χ4v) is 5.43. The van der Waals surface area contributed by atoms with Crippen molar-refractivity contribution in [1.29, 1.82) is 0 Å². The molecule has 1 aliphatic heterocycles. The third-order valence-electron chi connectivity index (χ3n) is 5.25. The zero-order chi connectivity index (χ0) is 25.2. The number of unbranched alkanes of at least 4 members (excludes halogenated alkanes) is 3. The summed E-state index contributed by atoms with van der Waals surface area (Å²) in [4.78, 5) is 38.7. The Labute approximate surface area is 218 Å². The predicted molar refractivity (Wildman–Crippen MR) is 143 cm³/mol. The standard InChI is InChI=1S/C24H28N4O4S3/c1-3-4-9-20-26-27-23(35-20)25-19(29)8-6-5-7-14-28-21(30)18(34-24(28)33)15-16-10-12-17(13-11-16)22(31)32-2/h10-13,15H,3-9,14H2,1-2H3,(H,25,27,29). The molecule has 2 aromatic rings. The number of carbonyl (C=O) groups excluding carboxylic acids is 3. The van der Waals surface area contributed by atoms with Gasteiger partial charge < -0.3 is 10.1 Å². The van der Waals surface area contributed by atoms with Crippen LogP contribution < -0.4 is 5.32 Å². The van der Waals surface area contributed by atoms with Crippen molar-refractivity contribution in [2.24, 2.45) is 0 Å². The Morgan fingerprint density at radius 1 is 1.14 bits per heavy atom. The van der Waals surface area contributed by atoms with E-state index in [0.29, 0.717) is 39.3 Å². The minimum Gasteiger partial charge on any atom is -0.465 e. The number of nitrogens with one attached hydrogen (secondary N) is 1. The van der Waals surface area contributed by atoms with Gasteiger partial charge in [-0.1, -0.05) is 67.2 Å². The Bertz CT molecular complexity index is 1100. The van der Waals surface area contributed by atoms with Crippen LogP contribution in [0, 0.1) is 0 Å². The molecule has 1 N–H and O–H groups in total. The monoisotopic (exact) mass is 532 g/mol. The topological polar surface area (TPSA) is 101 Å². The third kappa shape index (κ3) is 7.94. The van der Waals surface area contributed by atoms with Crippen LogP contribution in [-0.2, 0) is 20.7 Å². The summed E-state index contributed by atoms with van der Waals surface area (Å²) in [7, 11) is 1.33. The second-order valence-electron chi connectivity index (χ2n) is 7.91. The van der Waals surface area contributed by atoms with E-state index in [2.05, 4.69) is 22.4 Å². The van der Waals surface area contributed by atoms with Crippen molar-refractivity contribution in [1.82, 2.24) is 15.1 Å². The molecular formula is C24H28N4O4S3. The van der Waals surface area contributed by atoms with Crippen LogP contribution in [0.15, 0.2) is 29.2 Å². The number of esters is 1. The van der Waals surface area contributed by atoms with Crippen molar-refractivity contribution >= 4 is 68.6 Å². The number of anilines is 1. The van der Waals surface area contributed by atoms with Crippen molar-refractivity contribution in [2.45, 2.75) is 51.9 Å². The van der Waals surface area contributed by atoms with Crippen LogP contribution >= 0.6 is 35.3 Å². The zero-order valence-electron chi connectivity index (χ0n) is 19.7. The number of rotatable bonds is 12. The minimum atomic E-state index is -0.405. The highest BCUT2D eigenvalue weighted by Gasteiger charge is 2.31. The lowest BCUT2D eigenvalue weighted by Crippen LogP contribution is -2.29. The van der Waals surface area contributed by atoms with E-state index in [1.807, 2.05) is 0 Å². The van der Waals surface area contributed by atoms with Crippen LogP contribution in [0.2, 0.25) is 0 Å². The molecule has 11 heteroatoms. The van der Waals surface area contributed by atoms with Gasteiger partial charge in [-0.05, 0) is 43.0 Å². The lowest BCUT2D eigenvalue weighted by atomic mass is 10.1. The first-order chi connectivity index (χ1) is 16.9. The van der Waals surface area contributed by atoms with E-state index >= 15 is 0 Å². The van der Waals surface area contributed by atoms with E-state index in [9.17, 15) is 14.4 Å². The van der Waals surface area contributed by atoms with E-state index in [4.69, 9.17) is 17.0 Å². The molecule has 0 spiro atoms. The van der Waals surface area contributed by atoms with Crippen molar-refractivity contribution in [3.05, 3.63) is 45.3 Å². The molecule has 35 heavy (non-hydrogen) atoms. The highest BCUT2D eigenvalue weighted by atomic mass is 32.2. The van der Waals surface area contributed by atoms with E-state index in [0.717, 1.165) is 42.7 Å². The summed E-state index contributed by atoms with van der Waals surface area (Å²) in [6.07, 6.45) is 7.47. The summed E-state index contributed by atoms with van der Waals surface area (Å²) in [6, 6.07) is 6.84. The Morgan fingerprint density at radius 2 is 1.91 bits per heavy atom. The van der Waals surface area contributed by atoms with Gasteiger partial charge in [-0.25, -0.2) is 4.79 Å². The van der Waals surface area contributed by atoms with Gasteiger partial charge in [0.15, 0.2) is 0 Å². The molecule has 186 valence electrons. The summed E-state index contributed by atoms with van der Waals surface area (Å²) in [6.45, 7) is 2.64. The number of hydrogen-bond donors (Lipinski definition) is 1. The van der Waals surface area contributed by atoms with Crippen LogP contribution in [0.1, 0.15) is 66.4 Å². The number of thiocarbonyl (C=S) groups is 1. The van der Waals surface area contributed by atoms with Crippen molar-refractivity contribution < 1.29 is 19.1 Å². The maximum atomic E-state index is 12.8. The number of nitrogens with zero attached hydrogens (tertiary/aromatic N) is 3. The molecule has 0 radical (unpaired) electrons. The number of benzene rings is 1. The lowest BCUT2D eigenvalue weighted by Gasteiger charge is -2.14. The largest absolute Gasteiger partial charge is 0.465 e. The molecule has 0 saturated carbocycles. The zero-order valence-corrected chi connectivity index (χ0v) is 22.2. The van der Waals surface area contributed by atoms with Crippen LogP contribution in [0.25, 0.3) is 6.08 Å². The van der Waals surface area contributed by atoms with Crippen LogP contribution in [0.3, 0.4) is 0 Å². The fraction of sp³-hybridized carbons (Fsp3) is 0.417. The SMILES string of the molecule is CCCCc1nnc(NC(=O)CCCCCN2C(=O)C(=Cc3ccc(C(=O)OC)cc3)SC2=S)s1. The number of amides is 2. The van der Waals surface area contributed by atoms with Gasteiger partial charge in [-0.15, -0.1) is 10.2 Å². The smallest absolute Gasteiger partial charge is 0.337 e. The molecule has 1 saturated heterocycles. The Balaban J connectivity index is 1.40. The summed E-state index contributed by atoms with van der Waals surface area (Å²) < 4.78 is 5.23. The maximum absolute atomic E-state index is 12.8. The molecular weight excluding hydrogens is 504 g/mol. The van der Waals surface area contributed by atoms with Gasteiger partial charge in [0.1, 0.15) is 9.33 Å². The number of methoxy groups -OCH3 is 1. The van der Waals surface area contributed by atoms with Gasteiger partial charge in [-0.2, -0.15) is 0 Å². The normalized spacial score (nSPS) is 14.6. The number of carbonyl (C=O) groups is 3. The molecule has 1 aromatic carbocycles. The Morgan fingerprint density at radius 3 is 2.63 bits per heavy atom. The average molecular weight is 533 g/mol. The second-order valence-corrected chi connectivity index (χ2v) is 10.6. The first-order valence-electron chi connectivity index (χ1n) is 11.5. The van der Waals surface area contributed by atoms with Gasteiger partial charge in [0.25, 0.3) is 5.91 Å². The van der Waals surface area contributed by atoms with Gasteiger partial charge in [0, 0.05) is 19.4 Å². The van der Waals surface area contributed by atoms with Crippen LogP contribution in [0.4, 0.5) is 5.13 Å². The maximum Gasteiger partial charge on any atom is 0.337 e. The van der Waals surface area contributed by atoms with E-state index < -0.39 is 5.97 Å². The third-order valence-corrected chi connectivity index (χ3v) is 7.52. The number of aryl methyl sites for hydroxylation is 1. The van der Waals surface area contributed by atoms with Crippen molar-refractivity contribution in [3.8, 4) is 0 Å². The summed E-state index contributed by atoms with van der Waals surface area (Å²) >= 11 is 8.09. The van der Waals surface area contributed by atoms with Gasteiger partial charge in [0.2, 0.25) is 11.0 Å². The predicted octanol–water partition coefficient (Wildman–Crippen LogP) is 5.07. The molecule has 1 fully saturated rings. The first kappa shape index (κ1) is 27.0. The van der Waals surface area contributed by atoms with Crippen LogP contribution in [0.5, 0.6) is 0 Å². The quantitative estimate of drug-likeness (QED) is 0.175. The summed E-state index contributed by atoms with van der Waals surface area (Å²) in [5.41, 5.74) is 1.25. The van der Waals surface area contributed by atoms with E-state index in [-0.39, 0.29) is 11.8 Å². The Hall–Kier alpha value is -2.63. The van der Waals surface area contributed by atoms with Gasteiger partial charge in [0.05, 0.1) is 17.6 Å². The molecule has 3 rings (SSSR count). The van der Waals surface area contributed by atoms with E-state index in [1.54, 1.807) is 35.2 Å². The molecule has 2 heterocycles. The number of thioether (sulfide) groups is 1. The van der Waals surface area contributed by atoms with E-state index in [1.165, 1.54) is 30.2 Å². The van der Waals surface area contributed by atoms with Gasteiger partial charge in [-0.3, -0.25) is 14.5 Å². The Kier molecular flexibility index (Phi) is 10.4. The molecule has 1 aliphatic rings. The van der Waals surface area contributed by atoms with Crippen molar-refractivity contribution in [3.63, 3.8) is 0 Å². The molecule has 8 nitrogen and oxygen atoms in total. The first-order valence-corrected chi connectivity index (χ1v) is 13.5. The molecule has 0 aliphatic carbocycles. The summed E-state index contributed by atoms with van der Waals surface area (Å²) in [5.74, 6) is -0.600. The molecule has 1 aromatic heterocycles. The van der Waals surface area contributed by atoms with Gasteiger partial charge >= 0.3 is 5.97 Å². The molecule has 0 atom stereocenters.